The van der Waals surface area contributed by atoms with E-state index in [1.165, 1.54) is 10.3 Å². The van der Waals surface area contributed by atoms with E-state index >= 15 is 0 Å². The number of nitrogens with one attached hydrogen (secondary N) is 1. The molecule has 1 heterocycles. The van der Waals surface area contributed by atoms with Crippen molar-refractivity contribution in [2.24, 2.45) is 0 Å². The van der Waals surface area contributed by atoms with Gasteiger partial charge in [0, 0.05) is 33.2 Å². The molecule has 0 aromatic rings. The van der Waals surface area contributed by atoms with Crippen molar-refractivity contribution in [1.82, 2.24) is 15.3 Å². The molecule has 1 aliphatic heterocycles. The van der Waals surface area contributed by atoms with Gasteiger partial charge in [-0.05, 0) is 20.8 Å². The third-order valence-corrected chi connectivity index (χ3v) is 2.11. The number of hydrogen-bond acceptors (Lipinski definition) is 4. The third kappa shape index (κ3) is 4.05. The van der Waals surface area contributed by atoms with Gasteiger partial charge in [0.15, 0.2) is 0 Å². The van der Waals surface area contributed by atoms with Crippen LogP contribution < -0.4 is 5.31 Å². The minimum Gasteiger partial charge on any atom is -0.443 e. The monoisotopic (exact) mass is 216 g/mol. The number of nitrogens with zero attached hydrogens (tertiary/aromatic N) is 2. The van der Waals surface area contributed by atoms with Crippen molar-refractivity contribution in [3.63, 3.8) is 0 Å². The Morgan fingerprint density at radius 2 is 2.00 bits per heavy atom. The second-order valence-corrected chi connectivity index (χ2v) is 4.63. The van der Waals surface area contributed by atoms with E-state index in [2.05, 4.69) is 0 Å². The van der Waals surface area contributed by atoms with Gasteiger partial charge < -0.3 is 10.0 Å². The van der Waals surface area contributed by atoms with E-state index in [0.29, 0.717) is 26.2 Å². The van der Waals surface area contributed by atoms with E-state index in [1.807, 2.05) is 25.8 Å². The van der Waals surface area contributed by atoms with Crippen LogP contribution in [0.3, 0.4) is 0 Å². The van der Waals surface area contributed by atoms with E-state index in [0.717, 1.165) is 0 Å². The molecule has 1 saturated heterocycles. The second-order valence-electron chi connectivity index (χ2n) is 4.63. The Balaban J connectivity index is 2.45. The first-order valence-corrected chi connectivity index (χ1v) is 5.25. The normalized spacial score (nSPS) is 20.9. The van der Waals surface area contributed by atoms with Gasteiger partial charge in [0.1, 0.15) is 7.01 Å². The Labute approximate surface area is 92.8 Å². The van der Waals surface area contributed by atoms with Crippen LogP contribution >= 0.6 is 0 Å². The maximum Gasteiger partial charge on any atom is 0.424 e. The molecular formula is C10H21N3O2. The molecule has 0 aromatic heterocycles. The first-order valence-electron chi connectivity index (χ1n) is 5.70. The molecule has 0 spiro atoms. The van der Waals surface area contributed by atoms with E-state index < -0.39 is 5.60 Å². The summed E-state index contributed by atoms with van der Waals surface area (Å²) < 4.78 is 12.7. The lowest BCUT2D eigenvalue weighted by Gasteiger charge is -2.35. The van der Waals surface area contributed by atoms with Crippen molar-refractivity contribution >= 4 is 6.09 Å². The molecule has 0 unspecified atom stereocenters. The number of carbonyl (C=O) groups excluding carboxylic acids is 1. The van der Waals surface area contributed by atoms with Gasteiger partial charge in [0.25, 0.3) is 0 Å². The number of carbonyl (C=O) groups is 1. The molecule has 1 N–H and O–H groups in total. The van der Waals surface area contributed by atoms with Crippen LogP contribution in [0.2, 0.25) is 1.41 Å². The van der Waals surface area contributed by atoms with Crippen LogP contribution in [0.5, 0.6) is 0 Å². The largest absolute Gasteiger partial charge is 0.443 e. The molecule has 0 bridgehead atoms. The van der Waals surface area contributed by atoms with Crippen molar-refractivity contribution in [3.8, 4) is 0 Å². The van der Waals surface area contributed by atoms with Crippen LogP contribution in [0.1, 0.15) is 20.8 Å². The summed E-state index contributed by atoms with van der Waals surface area (Å²) in [6.45, 7) is 8.19. The third-order valence-electron chi connectivity index (χ3n) is 2.11. The van der Waals surface area contributed by atoms with Crippen molar-refractivity contribution in [2.75, 3.05) is 33.2 Å². The summed E-state index contributed by atoms with van der Waals surface area (Å²) in [5.74, 6) is 0. The highest BCUT2D eigenvalue weighted by Crippen LogP contribution is 2.10. The topological polar surface area (TPSA) is 44.8 Å². The van der Waals surface area contributed by atoms with Gasteiger partial charge in [-0.2, -0.15) is 0 Å². The van der Waals surface area contributed by atoms with Gasteiger partial charge in [0.05, 0.1) is 0 Å². The lowest BCUT2D eigenvalue weighted by atomic mass is 10.2. The zero-order chi connectivity index (χ0) is 12.3. The fraction of sp³-hybridized carbons (Fsp3) is 0.900. The van der Waals surface area contributed by atoms with Gasteiger partial charge in [-0.15, -0.1) is 0 Å². The first-order chi connectivity index (χ1) is 7.29. The molecule has 5 heteroatoms. The highest BCUT2D eigenvalue weighted by Gasteiger charge is 2.24. The summed E-state index contributed by atoms with van der Waals surface area (Å²) in [6.07, 6.45) is -0.342. The molecule has 1 fully saturated rings. The van der Waals surface area contributed by atoms with Crippen LogP contribution in [0.25, 0.3) is 0 Å². The minimum atomic E-state index is -0.470. The smallest absolute Gasteiger partial charge is 0.424 e. The van der Waals surface area contributed by atoms with Gasteiger partial charge in [-0.3, -0.25) is 0 Å². The molecule has 15 heavy (non-hydrogen) atoms. The minimum absolute atomic E-state index is 0.342. The molecule has 0 saturated carbocycles. The summed E-state index contributed by atoms with van der Waals surface area (Å²) in [4.78, 5) is 11.7. The highest BCUT2D eigenvalue weighted by molar-refractivity contribution is 5.67. The summed E-state index contributed by atoms with van der Waals surface area (Å²) in [6, 6.07) is 0. The second kappa shape index (κ2) is 4.81. The fourth-order valence-electron chi connectivity index (χ4n) is 1.34. The summed E-state index contributed by atoms with van der Waals surface area (Å²) in [5.41, 5.74) is -0.470. The average molecular weight is 216 g/mol. The zero-order valence-electron chi connectivity index (χ0n) is 11.0. The summed E-state index contributed by atoms with van der Waals surface area (Å²) in [5, 5.41) is 4.90. The fourth-order valence-corrected chi connectivity index (χ4v) is 1.34. The number of hydrogen-bond donors (Lipinski definition) is 1. The highest BCUT2D eigenvalue weighted by atomic mass is 16.6. The molecule has 0 aliphatic carbocycles. The Bertz CT molecular complexity index is 247. The SMILES string of the molecule is [2H]N1CCN(N(C)C(=O)OC(C)(C)C)CC1. The molecular weight excluding hydrogens is 194 g/mol. The lowest BCUT2D eigenvalue weighted by Crippen LogP contribution is -2.53. The Kier molecular flexibility index (Phi) is 3.43. The number of ether oxygens (including phenoxy) is 1. The van der Waals surface area contributed by atoms with Crippen molar-refractivity contribution < 1.29 is 10.9 Å². The summed E-state index contributed by atoms with van der Waals surface area (Å²) >= 11 is 0. The first kappa shape index (κ1) is 10.7. The number of piperazine rings is 1. The average Bonchev–Trinajstić information content (AvgIpc) is 2.15. The molecule has 1 amide bonds. The van der Waals surface area contributed by atoms with E-state index in [9.17, 15) is 4.79 Å². The van der Waals surface area contributed by atoms with Crippen LogP contribution in [0.4, 0.5) is 4.79 Å². The van der Waals surface area contributed by atoms with Gasteiger partial charge in [-0.25, -0.2) is 14.8 Å². The number of hydrazine groups is 1. The molecule has 0 atom stereocenters. The van der Waals surface area contributed by atoms with Crippen LogP contribution in [0.15, 0.2) is 0 Å². The zero-order valence-corrected chi connectivity index (χ0v) is 9.99. The predicted molar refractivity (Wildman–Crippen MR) is 58.4 cm³/mol. The van der Waals surface area contributed by atoms with Crippen LogP contribution in [-0.2, 0) is 4.74 Å². The Morgan fingerprint density at radius 3 is 2.47 bits per heavy atom. The van der Waals surface area contributed by atoms with Crippen molar-refractivity contribution in [1.29, 1.82) is 0 Å². The number of rotatable bonds is 1. The summed E-state index contributed by atoms with van der Waals surface area (Å²) in [7, 11) is 1.70. The van der Waals surface area contributed by atoms with Gasteiger partial charge in [-0.1, -0.05) is 0 Å². The Hall–Kier alpha value is -0.810. The molecule has 0 radical (unpaired) electrons. The Morgan fingerprint density at radius 1 is 1.47 bits per heavy atom. The van der Waals surface area contributed by atoms with Gasteiger partial charge in [0.2, 0.25) is 0 Å². The molecule has 88 valence electrons. The van der Waals surface area contributed by atoms with E-state index in [-0.39, 0.29) is 6.09 Å². The quantitative estimate of drug-likeness (QED) is 0.700. The van der Waals surface area contributed by atoms with Crippen LogP contribution in [-0.4, -0.2) is 54.9 Å². The molecule has 0 aromatic carbocycles. The standard InChI is InChI=1S/C10H21N3O2/c1-10(2,3)15-9(14)12(4)13-7-5-11-6-8-13/h11H,5-8H2,1-4H3/i/hD. The molecule has 5 nitrogen and oxygen atoms in total. The van der Waals surface area contributed by atoms with E-state index in [1.54, 1.807) is 7.05 Å². The van der Waals surface area contributed by atoms with E-state index in [4.69, 9.17) is 6.15 Å². The maximum atomic E-state index is 11.7. The van der Waals surface area contributed by atoms with Crippen LogP contribution in [0, 0.1) is 0 Å². The molecule has 1 aliphatic rings. The van der Waals surface area contributed by atoms with Crippen molar-refractivity contribution in [3.05, 3.63) is 0 Å². The van der Waals surface area contributed by atoms with Gasteiger partial charge >= 0.3 is 6.09 Å². The number of amides is 1. The maximum absolute atomic E-state index is 11.7. The molecule has 1 rings (SSSR count). The van der Waals surface area contributed by atoms with Crippen molar-refractivity contribution in [2.45, 2.75) is 26.4 Å². The lowest BCUT2D eigenvalue weighted by molar-refractivity contribution is -0.0419. The predicted octanol–water partition coefficient (Wildman–Crippen LogP) is 0.673.